The van der Waals surface area contributed by atoms with Crippen molar-refractivity contribution in [2.45, 2.75) is 48.6 Å². The van der Waals surface area contributed by atoms with E-state index in [1.54, 1.807) is 18.5 Å². The van der Waals surface area contributed by atoms with Gasteiger partial charge in [-0.3, -0.25) is 0 Å². The lowest BCUT2D eigenvalue weighted by Gasteiger charge is -2.42. The molecule has 0 aromatic carbocycles. The fraction of sp³-hybridized carbons (Fsp3) is 0.450. The second-order valence-corrected chi connectivity index (χ2v) is 9.13. The van der Waals surface area contributed by atoms with Gasteiger partial charge in [0.1, 0.15) is 16.7 Å². The molecule has 29 heavy (non-hydrogen) atoms. The summed E-state index contributed by atoms with van der Waals surface area (Å²) >= 11 is 7.56. The molecule has 2 aromatic rings. The van der Waals surface area contributed by atoms with Crippen molar-refractivity contribution in [1.29, 1.82) is 0 Å². The first-order valence-electron chi connectivity index (χ1n) is 9.79. The summed E-state index contributed by atoms with van der Waals surface area (Å²) in [5.74, 6) is 1.47. The van der Waals surface area contributed by atoms with Gasteiger partial charge < -0.3 is 22.1 Å². The van der Waals surface area contributed by atoms with E-state index in [1.807, 2.05) is 0 Å². The van der Waals surface area contributed by atoms with Crippen LogP contribution in [0.5, 0.6) is 0 Å². The van der Waals surface area contributed by atoms with Crippen LogP contribution in [-0.4, -0.2) is 34.1 Å². The van der Waals surface area contributed by atoms with Crippen LogP contribution < -0.4 is 22.1 Å². The largest absolute Gasteiger partial charge is 0.382 e. The number of aromatic nitrogens is 3. The summed E-state index contributed by atoms with van der Waals surface area (Å²) < 4.78 is 0. The highest BCUT2D eigenvalue weighted by atomic mass is 35.5. The Hall–Kier alpha value is -2.03. The predicted octanol–water partition coefficient (Wildman–Crippen LogP) is 3.49. The molecule has 1 spiro atoms. The first-order valence-corrected chi connectivity index (χ1v) is 11.0. The van der Waals surface area contributed by atoms with Crippen molar-refractivity contribution in [3.05, 3.63) is 35.1 Å². The van der Waals surface area contributed by atoms with Gasteiger partial charge in [0.15, 0.2) is 5.82 Å². The molecule has 1 atom stereocenters. The van der Waals surface area contributed by atoms with Crippen molar-refractivity contribution in [2.75, 3.05) is 29.5 Å². The molecule has 1 aliphatic heterocycles. The number of nitrogen functional groups attached to an aromatic ring is 2. The number of hydrogen-bond acceptors (Lipinski definition) is 8. The van der Waals surface area contributed by atoms with Gasteiger partial charge in [-0.2, -0.15) is 0 Å². The van der Waals surface area contributed by atoms with Gasteiger partial charge in [0.25, 0.3) is 0 Å². The average molecular weight is 432 g/mol. The minimum atomic E-state index is 0.183. The second kappa shape index (κ2) is 8.01. The Morgan fingerprint density at radius 2 is 1.97 bits per heavy atom. The van der Waals surface area contributed by atoms with E-state index >= 15 is 0 Å². The lowest BCUT2D eigenvalue weighted by molar-refractivity contribution is 0.205. The SMILES string of the molecule is CC=C1CCC2(CCN(c3cnc(Sc4ccnc(N)c4Cl)c(N)n3)CC2)C1N. The van der Waals surface area contributed by atoms with Crippen molar-refractivity contribution in [1.82, 2.24) is 15.0 Å². The van der Waals surface area contributed by atoms with Crippen molar-refractivity contribution in [3.8, 4) is 0 Å². The number of nitrogens with two attached hydrogens (primary N) is 3. The summed E-state index contributed by atoms with van der Waals surface area (Å²) in [4.78, 5) is 16.1. The summed E-state index contributed by atoms with van der Waals surface area (Å²) in [6.45, 7) is 3.92. The van der Waals surface area contributed by atoms with Crippen molar-refractivity contribution < 1.29 is 0 Å². The predicted molar refractivity (Wildman–Crippen MR) is 119 cm³/mol. The number of anilines is 3. The minimum Gasteiger partial charge on any atom is -0.382 e. The van der Waals surface area contributed by atoms with E-state index in [1.165, 1.54) is 23.8 Å². The number of pyridine rings is 1. The summed E-state index contributed by atoms with van der Waals surface area (Å²) in [5, 5.41) is 1.00. The Bertz CT molecular complexity index is 940. The zero-order valence-corrected chi connectivity index (χ0v) is 18.0. The number of hydrogen-bond donors (Lipinski definition) is 3. The van der Waals surface area contributed by atoms with Gasteiger partial charge in [0, 0.05) is 30.2 Å². The normalized spacial score (nSPS) is 22.5. The molecule has 9 heteroatoms. The fourth-order valence-electron chi connectivity index (χ4n) is 4.40. The van der Waals surface area contributed by atoms with Crippen LogP contribution in [0.25, 0.3) is 0 Å². The van der Waals surface area contributed by atoms with E-state index < -0.39 is 0 Å². The Morgan fingerprint density at radius 1 is 1.21 bits per heavy atom. The summed E-state index contributed by atoms with van der Waals surface area (Å²) in [6.07, 6.45) is 10.0. The van der Waals surface area contributed by atoms with Gasteiger partial charge >= 0.3 is 0 Å². The maximum atomic E-state index is 6.56. The number of allylic oxidation sites excluding steroid dienone is 1. The van der Waals surface area contributed by atoms with Crippen molar-refractivity contribution >= 4 is 40.8 Å². The second-order valence-electron chi connectivity index (χ2n) is 7.72. The van der Waals surface area contributed by atoms with Crippen LogP contribution in [0, 0.1) is 5.41 Å². The average Bonchev–Trinajstić information content (AvgIpc) is 3.03. The topological polar surface area (TPSA) is 120 Å². The molecule has 0 amide bonds. The van der Waals surface area contributed by atoms with Gasteiger partial charge in [0.05, 0.1) is 11.2 Å². The Morgan fingerprint density at radius 3 is 2.62 bits per heavy atom. The van der Waals surface area contributed by atoms with Crippen molar-refractivity contribution in [2.24, 2.45) is 11.1 Å². The number of piperidine rings is 1. The number of nitrogens with zero attached hydrogens (tertiary/aromatic N) is 4. The maximum Gasteiger partial charge on any atom is 0.158 e. The molecule has 4 rings (SSSR count). The van der Waals surface area contributed by atoms with Gasteiger partial charge in [-0.15, -0.1) is 0 Å². The van der Waals surface area contributed by atoms with Crippen LogP contribution in [0.3, 0.4) is 0 Å². The molecule has 1 aliphatic carbocycles. The molecule has 154 valence electrons. The van der Waals surface area contributed by atoms with Crippen LogP contribution in [0.1, 0.15) is 32.6 Å². The molecule has 3 heterocycles. The van der Waals surface area contributed by atoms with Crippen molar-refractivity contribution in [3.63, 3.8) is 0 Å². The summed E-state index contributed by atoms with van der Waals surface area (Å²) in [7, 11) is 0. The van der Waals surface area contributed by atoms with Crippen LogP contribution in [0.15, 0.2) is 40.0 Å². The highest BCUT2D eigenvalue weighted by Gasteiger charge is 2.45. The molecule has 2 aromatic heterocycles. The van der Waals surface area contributed by atoms with Crippen LogP contribution >= 0.6 is 23.4 Å². The highest BCUT2D eigenvalue weighted by Crippen LogP contribution is 2.48. The molecule has 6 N–H and O–H groups in total. The quantitative estimate of drug-likeness (QED) is 0.631. The maximum absolute atomic E-state index is 6.56. The van der Waals surface area contributed by atoms with E-state index in [4.69, 9.17) is 28.8 Å². The molecular formula is C20H26ClN7S. The molecule has 7 nitrogen and oxygen atoms in total. The summed E-state index contributed by atoms with van der Waals surface area (Å²) in [6, 6.07) is 1.97. The first-order chi connectivity index (χ1) is 13.9. The van der Waals surface area contributed by atoms with Gasteiger partial charge in [0.2, 0.25) is 0 Å². The standard InChI is InChI=1S/C20H26ClN7S/c1-2-12-3-5-20(16(12)22)6-9-28(10-7-20)14-11-26-19(18(24)27-14)29-13-4-8-25-17(23)15(13)21/h2,4,8,11,16H,3,5-7,9-10,22H2,1H3,(H2,23,25)(H2,24,27). The smallest absolute Gasteiger partial charge is 0.158 e. The zero-order valence-electron chi connectivity index (χ0n) is 16.4. The van der Waals surface area contributed by atoms with Gasteiger partial charge in [-0.05, 0) is 44.1 Å². The van der Waals surface area contributed by atoms with E-state index in [2.05, 4.69) is 32.9 Å². The fourth-order valence-corrected chi connectivity index (χ4v) is 5.42. The lowest BCUT2D eigenvalue weighted by Crippen LogP contribution is -2.47. The Balaban J connectivity index is 1.46. The lowest BCUT2D eigenvalue weighted by atomic mass is 9.74. The van der Waals surface area contributed by atoms with E-state index in [-0.39, 0.29) is 17.3 Å². The molecule has 0 radical (unpaired) electrons. The zero-order chi connectivity index (χ0) is 20.6. The van der Waals surface area contributed by atoms with Crippen LogP contribution in [0.2, 0.25) is 5.02 Å². The molecular weight excluding hydrogens is 406 g/mol. The van der Waals surface area contributed by atoms with Crippen LogP contribution in [-0.2, 0) is 0 Å². The number of halogens is 1. The third-order valence-electron chi connectivity index (χ3n) is 6.26. The van der Waals surface area contributed by atoms with E-state index in [0.717, 1.165) is 43.1 Å². The third-order valence-corrected chi connectivity index (χ3v) is 7.84. The molecule has 1 unspecified atom stereocenters. The molecule has 1 saturated carbocycles. The Labute approximate surface area is 180 Å². The van der Waals surface area contributed by atoms with Crippen LogP contribution in [0.4, 0.5) is 17.5 Å². The van der Waals surface area contributed by atoms with Gasteiger partial charge in [-0.25, -0.2) is 15.0 Å². The highest BCUT2D eigenvalue weighted by molar-refractivity contribution is 7.99. The molecule has 1 saturated heterocycles. The third kappa shape index (κ3) is 3.76. The van der Waals surface area contributed by atoms with E-state index in [9.17, 15) is 0 Å². The number of rotatable bonds is 3. The minimum absolute atomic E-state index is 0.183. The Kier molecular flexibility index (Phi) is 5.59. The first kappa shape index (κ1) is 20.3. The molecule has 2 fully saturated rings. The summed E-state index contributed by atoms with van der Waals surface area (Å²) in [5.41, 5.74) is 20.2. The van der Waals surface area contributed by atoms with E-state index in [0.29, 0.717) is 15.9 Å². The molecule has 2 aliphatic rings. The van der Waals surface area contributed by atoms with Gasteiger partial charge in [-0.1, -0.05) is 35.0 Å². The monoisotopic (exact) mass is 431 g/mol. The molecule has 0 bridgehead atoms.